The number of carboxylic acid groups (broad SMARTS) is 1. The van der Waals surface area contributed by atoms with Crippen LogP contribution in [0.3, 0.4) is 0 Å². The molecule has 0 unspecified atom stereocenters. The smallest absolute Gasteiger partial charge is 0.303 e. The van der Waals surface area contributed by atoms with Gasteiger partial charge in [-0.05, 0) is 50.2 Å². The molecule has 0 heterocycles. The normalized spacial score (nSPS) is 12.1. The van der Waals surface area contributed by atoms with Gasteiger partial charge in [-0.1, -0.05) is 6.42 Å². The molecule has 78 valence electrons. The van der Waals surface area contributed by atoms with E-state index in [0.717, 1.165) is 16.8 Å². The molecule has 0 rings (SSSR count). The van der Waals surface area contributed by atoms with Crippen molar-refractivity contribution in [2.75, 3.05) is 0 Å². The molecule has 0 aliphatic heterocycles. The van der Waals surface area contributed by atoms with Crippen LogP contribution < -0.4 is 0 Å². The maximum absolute atomic E-state index is 10.2. The molecule has 0 saturated carbocycles. The first-order valence-electron chi connectivity index (χ1n) is 4.20. The van der Waals surface area contributed by atoms with Crippen LogP contribution in [0.2, 0.25) is 0 Å². The third-order valence-corrected chi connectivity index (χ3v) is 2.80. The van der Waals surface area contributed by atoms with Gasteiger partial charge < -0.3 is 5.11 Å². The Hall–Kier alpha value is 0.01000. The van der Waals surface area contributed by atoms with Gasteiger partial charge in [0.15, 0.2) is 0 Å². The topological polar surface area (TPSA) is 40.5 Å². The first-order valence-corrected chi connectivity index (χ1v) is 4.87. The quantitative estimate of drug-likeness (QED) is 0.561. The maximum atomic E-state index is 10.2. The highest BCUT2D eigenvalue weighted by atomic mass is 35.5. The van der Waals surface area contributed by atoms with Gasteiger partial charge in [-0.3, -0.25) is 4.79 Å². The first kappa shape index (κ1) is 13.0. The van der Waals surface area contributed by atoms with Crippen molar-refractivity contribution in [1.82, 2.24) is 3.94 Å². The average molecular weight is 228 g/mol. The fourth-order valence-corrected chi connectivity index (χ4v) is 1.09. The Kier molecular flexibility index (Phi) is 5.68. The lowest BCUT2D eigenvalue weighted by molar-refractivity contribution is -0.137. The second kappa shape index (κ2) is 5.68. The zero-order chi connectivity index (χ0) is 10.5. The Labute approximate surface area is 88.8 Å². The minimum atomic E-state index is -0.758. The highest BCUT2D eigenvalue weighted by Gasteiger charge is 2.23. The number of hydrogen-bond acceptors (Lipinski definition) is 2. The van der Waals surface area contributed by atoms with Gasteiger partial charge in [0.25, 0.3) is 0 Å². The van der Waals surface area contributed by atoms with Crippen molar-refractivity contribution in [2.45, 2.75) is 45.1 Å². The van der Waals surface area contributed by atoms with Crippen LogP contribution in [0.25, 0.3) is 0 Å². The lowest BCUT2D eigenvalue weighted by Gasteiger charge is -2.27. The predicted molar refractivity (Wildman–Crippen MR) is 53.7 cm³/mol. The van der Waals surface area contributed by atoms with E-state index in [2.05, 4.69) is 0 Å². The van der Waals surface area contributed by atoms with Crippen LogP contribution in [-0.4, -0.2) is 20.6 Å². The van der Waals surface area contributed by atoms with Gasteiger partial charge in [0, 0.05) is 12.0 Å². The largest absolute Gasteiger partial charge is 0.481 e. The predicted octanol–water partition coefficient (Wildman–Crippen LogP) is 3.02. The minimum absolute atomic E-state index is 0.209. The lowest BCUT2D eigenvalue weighted by atomic mass is 9.98. The molecule has 13 heavy (non-hydrogen) atoms. The number of halogens is 2. The van der Waals surface area contributed by atoms with Crippen LogP contribution in [0.5, 0.6) is 0 Å². The van der Waals surface area contributed by atoms with E-state index < -0.39 is 5.97 Å². The van der Waals surface area contributed by atoms with E-state index in [9.17, 15) is 4.79 Å². The van der Waals surface area contributed by atoms with Crippen molar-refractivity contribution < 1.29 is 9.90 Å². The SMILES string of the molecule is CC(C)(CCCCC(=O)O)N(Cl)Cl. The second-order valence-corrected chi connectivity index (χ2v) is 4.50. The molecule has 0 aliphatic rings. The van der Waals surface area contributed by atoms with Crippen molar-refractivity contribution in [1.29, 1.82) is 0 Å². The highest BCUT2D eigenvalue weighted by molar-refractivity contribution is 6.34. The molecule has 5 heteroatoms. The number of hydrogen-bond donors (Lipinski definition) is 1. The summed E-state index contributed by atoms with van der Waals surface area (Å²) in [6.07, 6.45) is 2.48. The van der Waals surface area contributed by atoms with Crippen LogP contribution in [0, 0.1) is 0 Å². The summed E-state index contributed by atoms with van der Waals surface area (Å²) in [4.78, 5) is 10.2. The molecule has 0 atom stereocenters. The van der Waals surface area contributed by atoms with Crippen LogP contribution >= 0.6 is 23.6 Å². The number of carboxylic acids is 1. The van der Waals surface area contributed by atoms with E-state index in [4.69, 9.17) is 28.7 Å². The number of nitrogens with zero attached hydrogens (tertiary/aromatic N) is 1. The summed E-state index contributed by atoms with van der Waals surface area (Å²) < 4.78 is 1.12. The molecule has 0 aromatic rings. The van der Waals surface area contributed by atoms with Gasteiger partial charge in [-0.15, -0.1) is 3.94 Å². The van der Waals surface area contributed by atoms with Gasteiger partial charge in [-0.25, -0.2) is 0 Å². The summed E-state index contributed by atoms with van der Waals surface area (Å²) >= 11 is 11.2. The Morgan fingerprint density at radius 1 is 1.38 bits per heavy atom. The third-order valence-electron chi connectivity index (χ3n) is 1.89. The van der Waals surface area contributed by atoms with Crippen LogP contribution in [0.4, 0.5) is 0 Å². The highest BCUT2D eigenvalue weighted by Crippen LogP contribution is 2.25. The van der Waals surface area contributed by atoms with Crippen molar-refractivity contribution in [3.8, 4) is 0 Å². The Morgan fingerprint density at radius 3 is 2.31 bits per heavy atom. The zero-order valence-corrected chi connectivity index (χ0v) is 9.40. The van der Waals surface area contributed by atoms with Crippen LogP contribution in [0.1, 0.15) is 39.5 Å². The number of unbranched alkanes of at least 4 members (excludes halogenated alkanes) is 1. The van der Waals surface area contributed by atoms with E-state index in [1.165, 1.54) is 0 Å². The summed E-state index contributed by atoms with van der Waals surface area (Å²) in [6, 6.07) is 0. The summed E-state index contributed by atoms with van der Waals surface area (Å²) in [5.41, 5.74) is -0.290. The molecule has 1 N–H and O–H groups in total. The molecule has 0 saturated heterocycles. The molecular weight excluding hydrogens is 213 g/mol. The number of aliphatic carboxylic acids is 1. The monoisotopic (exact) mass is 227 g/mol. The molecule has 0 aliphatic carbocycles. The van der Waals surface area contributed by atoms with Gasteiger partial charge in [-0.2, -0.15) is 0 Å². The lowest BCUT2D eigenvalue weighted by Crippen LogP contribution is -2.30. The molecular formula is C8H15Cl2NO2. The first-order chi connectivity index (χ1) is 5.86. The molecule has 0 aromatic carbocycles. The van der Waals surface area contributed by atoms with Gasteiger partial charge in [0.1, 0.15) is 0 Å². The third kappa shape index (κ3) is 6.13. The standard InChI is InChI=1S/C8H15Cl2NO2/c1-8(2,11(9)10)6-4-3-5-7(12)13/h3-6H2,1-2H3,(H,12,13). The van der Waals surface area contributed by atoms with E-state index in [0.29, 0.717) is 6.42 Å². The Bertz CT molecular complexity index is 172. The second-order valence-electron chi connectivity index (χ2n) is 3.65. The molecule has 0 fully saturated rings. The van der Waals surface area contributed by atoms with Crippen molar-refractivity contribution >= 4 is 29.5 Å². The van der Waals surface area contributed by atoms with Gasteiger partial charge in [0.05, 0.1) is 0 Å². The molecule has 0 spiro atoms. The van der Waals surface area contributed by atoms with Crippen LogP contribution in [0.15, 0.2) is 0 Å². The van der Waals surface area contributed by atoms with Gasteiger partial charge >= 0.3 is 5.97 Å². The molecule has 3 nitrogen and oxygen atoms in total. The van der Waals surface area contributed by atoms with E-state index >= 15 is 0 Å². The minimum Gasteiger partial charge on any atom is -0.481 e. The van der Waals surface area contributed by atoms with E-state index in [-0.39, 0.29) is 12.0 Å². The van der Waals surface area contributed by atoms with Crippen molar-refractivity contribution in [2.24, 2.45) is 0 Å². The fraction of sp³-hybridized carbons (Fsp3) is 0.875. The Balaban J connectivity index is 3.58. The van der Waals surface area contributed by atoms with E-state index in [1.807, 2.05) is 13.8 Å². The molecule has 0 amide bonds. The van der Waals surface area contributed by atoms with Crippen molar-refractivity contribution in [3.05, 3.63) is 0 Å². The molecule has 0 bridgehead atoms. The number of carbonyl (C=O) groups is 1. The maximum Gasteiger partial charge on any atom is 0.303 e. The summed E-state index contributed by atoms with van der Waals surface area (Å²) in [5.74, 6) is -0.758. The summed E-state index contributed by atoms with van der Waals surface area (Å²) in [6.45, 7) is 3.82. The zero-order valence-electron chi connectivity index (χ0n) is 7.89. The summed E-state index contributed by atoms with van der Waals surface area (Å²) in [7, 11) is 0. The van der Waals surface area contributed by atoms with Crippen LogP contribution in [-0.2, 0) is 4.79 Å². The summed E-state index contributed by atoms with van der Waals surface area (Å²) in [5, 5.41) is 8.39. The fourth-order valence-electron chi connectivity index (χ4n) is 0.918. The van der Waals surface area contributed by atoms with Gasteiger partial charge in [0.2, 0.25) is 0 Å². The average Bonchev–Trinajstić information content (AvgIpc) is 1.97. The van der Waals surface area contributed by atoms with E-state index in [1.54, 1.807) is 0 Å². The molecule has 0 aromatic heterocycles. The number of rotatable bonds is 6. The molecule has 0 radical (unpaired) electrons. The van der Waals surface area contributed by atoms with Crippen molar-refractivity contribution in [3.63, 3.8) is 0 Å². The Morgan fingerprint density at radius 2 is 1.92 bits per heavy atom.